The molecule has 0 radical (unpaired) electrons. The summed E-state index contributed by atoms with van der Waals surface area (Å²) in [4.78, 5) is 29.8. The van der Waals surface area contributed by atoms with Gasteiger partial charge < -0.3 is 24.6 Å². The van der Waals surface area contributed by atoms with Crippen LogP contribution in [0.5, 0.6) is 11.5 Å². The van der Waals surface area contributed by atoms with Crippen molar-refractivity contribution < 1.29 is 31.5 Å². The first kappa shape index (κ1) is 27.6. The van der Waals surface area contributed by atoms with Gasteiger partial charge in [-0.05, 0) is 36.4 Å². The summed E-state index contributed by atoms with van der Waals surface area (Å²) in [6.45, 7) is 0.646. The number of rotatable bonds is 5. The Morgan fingerprint density at radius 2 is 1.93 bits per heavy atom. The number of aromatic nitrogens is 3. The zero-order valence-electron chi connectivity index (χ0n) is 22.7. The predicted octanol–water partition coefficient (Wildman–Crippen LogP) is 3.54. The molecule has 6 rings (SSSR count). The third-order valence-corrected chi connectivity index (χ3v) is 8.82. The van der Waals surface area contributed by atoms with Crippen molar-refractivity contribution in [1.29, 1.82) is 0 Å². The molecule has 0 aliphatic carbocycles. The van der Waals surface area contributed by atoms with E-state index in [4.69, 9.17) is 14.5 Å². The standard InChI is InChI=1S/C28H26F2N6O5S/c1-35(2)21-5-7-31-27-26(21)41-10-8-36(27)24-4-3-16-14-32-18(13-20(16)34-24)15-33-28(37)17-11-19(29)25-22(12-17)42(38,39)23(30)6-9-40-25/h3-5,7,11-14,23H,6,8-10,15H2,1-2H3,(H,33,37)/t23-/m1/s1. The number of pyridine rings is 3. The van der Waals surface area contributed by atoms with Gasteiger partial charge in [0.2, 0.25) is 15.3 Å². The SMILES string of the molecule is CN(C)c1ccnc2c1OCCN2c1ccc2cnc(CNC(=O)c3cc(F)c4c(c3)S(=O)(=O)[C@@H](F)CCO4)cc2n1. The van der Waals surface area contributed by atoms with E-state index in [0.29, 0.717) is 41.7 Å². The van der Waals surface area contributed by atoms with Crippen molar-refractivity contribution in [2.24, 2.45) is 0 Å². The largest absolute Gasteiger partial charge is 0.489 e. The number of fused-ring (bicyclic) bond motifs is 3. The number of nitrogens with zero attached hydrogens (tertiary/aromatic N) is 5. The minimum Gasteiger partial charge on any atom is -0.489 e. The molecule has 4 aromatic rings. The van der Waals surface area contributed by atoms with Crippen LogP contribution in [0.1, 0.15) is 22.5 Å². The van der Waals surface area contributed by atoms with E-state index >= 15 is 0 Å². The van der Waals surface area contributed by atoms with Crippen molar-refractivity contribution in [2.45, 2.75) is 23.4 Å². The molecule has 3 aromatic heterocycles. The van der Waals surface area contributed by atoms with E-state index in [1.54, 1.807) is 18.5 Å². The van der Waals surface area contributed by atoms with Gasteiger partial charge in [0.15, 0.2) is 23.1 Å². The molecule has 0 unspecified atom stereocenters. The average Bonchev–Trinajstić information content (AvgIpc) is 3.10. The summed E-state index contributed by atoms with van der Waals surface area (Å²) in [6.07, 6.45) is 2.90. The van der Waals surface area contributed by atoms with Crippen LogP contribution < -0.4 is 24.6 Å². The maximum absolute atomic E-state index is 14.7. The van der Waals surface area contributed by atoms with E-state index in [-0.39, 0.29) is 18.7 Å². The first-order valence-corrected chi connectivity index (χ1v) is 14.6. The van der Waals surface area contributed by atoms with E-state index in [1.807, 2.05) is 42.1 Å². The number of hydrogen-bond donors (Lipinski definition) is 1. The summed E-state index contributed by atoms with van der Waals surface area (Å²) in [5, 5.41) is 3.38. The van der Waals surface area contributed by atoms with Gasteiger partial charge in [0.1, 0.15) is 17.3 Å². The van der Waals surface area contributed by atoms with Crippen molar-refractivity contribution in [3.63, 3.8) is 0 Å². The van der Waals surface area contributed by atoms with Crippen LogP contribution >= 0.6 is 0 Å². The van der Waals surface area contributed by atoms with Crippen LogP contribution in [-0.2, 0) is 16.4 Å². The van der Waals surface area contributed by atoms with Crippen LogP contribution in [-0.4, -0.2) is 68.6 Å². The van der Waals surface area contributed by atoms with Crippen molar-refractivity contribution in [3.05, 3.63) is 65.9 Å². The second kappa shape index (κ2) is 10.7. The van der Waals surface area contributed by atoms with Crippen LogP contribution in [0.25, 0.3) is 10.9 Å². The number of carbonyl (C=O) groups is 1. The lowest BCUT2D eigenvalue weighted by molar-refractivity contribution is 0.0949. The number of hydrogen-bond acceptors (Lipinski definition) is 10. The van der Waals surface area contributed by atoms with E-state index in [2.05, 4.69) is 15.3 Å². The Hall–Kier alpha value is -4.59. The maximum atomic E-state index is 14.7. The van der Waals surface area contributed by atoms with Gasteiger partial charge in [-0.1, -0.05) is 0 Å². The van der Waals surface area contributed by atoms with Crippen molar-refractivity contribution in [2.75, 3.05) is 43.7 Å². The molecule has 2 aliphatic rings. The maximum Gasteiger partial charge on any atom is 0.251 e. The summed E-state index contributed by atoms with van der Waals surface area (Å²) in [5.41, 5.74) is -0.559. The highest BCUT2D eigenvalue weighted by molar-refractivity contribution is 7.92. The lowest BCUT2D eigenvalue weighted by Gasteiger charge is -2.31. The van der Waals surface area contributed by atoms with Crippen LogP contribution in [0, 0.1) is 5.82 Å². The molecular formula is C28H26F2N6O5S. The summed E-state index contributed by atoms with van der Waals surface area (Å²) < 4.78 is 65.0. The van der Waals surface area contributed by atoms with Gasteiger partial charge in [0.05, 0.1) is 36.6 Å². The fourth-order valence-electron chi connectivity index (χ4n) is 4.84. The van der Waals surface area contributed by atoms with Crippen molar-refractivity contribution in [3.8, 4) is 11.5 Å². The summed E-state index contributed by atoms with van der Waals surface area (Å²) in [5.74, 6) is -0.423. The van der Waals surface area contributed by atoms with Crippen LogP contribution in [0.2, 0.25) is 0 Å². The first-order valence-electron chi connectivity index (χ1n) is 13.1. The molecule has 1 atom stereocenters. The first-order chi connectivity index (χ1) is 20.1. The smallest absolute Gasteiger partial charge is 0.251 e. The van der Waals surface area contributed by atoms with E-state index in [1.165, 1.54) is 0 Å². The number of sulfone groups is 1. The van der Waals surface area contributed by atoms with Gasteiger partial charge in [-0.2, -0.15) is 0 Å². The molecule has 11 nitrogen and oxygen atoms in total. The lowest BCUT2D eigenvalue weighted by atomic mass is 10.2. The average molecular weight is 597 g/mol. The molecule has 0 saturated heterocycles. The highest BCUT2D eigenvalue weighted by atomic mass is 32.2. The fraction of sp³-hybridized carbons (Fsp3) is 0.286. The summed E-state index contributed by atoms with van der Waals surface area (Å²) in [7, 11) is -0.659. The second-order valence-electron chi connectivity index (χ2n) is 9.98. The Morgan fingerprint density at radius 1 is 1.12 bits per heavy atom. The Morgan fingerprint density at radius 3 is 2.74 bits per heavy atom. The number of nitrogens with one attached hydrogen (secondary N) is 1. The number of anilines is 3. The molecular weight excluding hydrogens is 570 g/mol. The topological polar surface area (TPSA) is 127 Å². The number of benzene rings is 1. The molecule has 218 valence electrons. The number of ether oxygens (including phenoxy) is 2. The zero-order valence-corrected chi connectivity index (χ0v) is 23.5. The minimum absolute atomic E-state index is 0.0531. The minimum atomic E-state index is -4.52. The van der Waals surface area contributed by atoms with Gasteiger partial charge in [-0.25, -0.2) is 27.2 Å². The van der Waals surface area contributed by atoms with Gasteiger partial charge in [0, 0.05) is 43.9 Å². The molecule has 1 N–H and O–H groups in total. The molecule has 1 amide bonds. The van der Waals surface area contributed by atoms with Crippen LogP contribution in [0.15, 0.2) is 53.7 Å². The number of alkyl halides is 1. The monoisotopic (exact) mass is 596 g/mol. The molecule has 0 bridgehead atoms. The van der Waals surface area contributed by atoms with E-state index in [9.17, 15) is 22.0 Å². The molecule has 14 heteroatoms. The fourth-order valence-corrected chi connectivity index (χ4v) is 6.23. The Labute approximate surface area is 240 Å². The normalized spacial score (nSPS) is 17.3. The molecule has 0 saturated carbocycles. The molecule has 42 heavy (non-hydrogen) atoms. The van der Waals surface area contributed by atoms with Gasteiger partial charge in [-0.15, -0.1) is 0 Å². The predicted molar refractivity (Wildman–Crippen MR) is 150 cm³/mol. The summed E-state index contributed by atoms with van der Waals surface area (Å²) >= 11 is 0. The van der Waals surface area contributed by atoms with Crippen molar-refractivity contribution >= 4 is 44.0 Å². The molecule has 0 fully saturated rings. The Bertz CT molecular complexity index is 1820. The van der Waals surface area contributed by atoms with Gasteiger partial charge >= 0.3 is 0 Å². The van der Waals surface area contributed by atoms with Gasteiger partial charge in [-0.3, -0.25) is 9.78 Å². The molecule has 2 aliphatic heterocycles. The molecule has 0 spiro atoms. The highest BCUT2D eigenvalue weighted by Crippen LogP contribution is 2.40. The lowest BCUT2D eigenvalue weighted by Crippen LogP contribution is -2.31. The van der Waals surface area contributed by atoms with Crippen LogP contribution in [0.4, 0.5) is 26.1 Å². The second-order valence-corrected chi connectivity index (χ2v) is 12.0. The van der Waals surface area contributed by atoms with Crippen LogP contribution in [0.3, 0.4) is 0 Å². The zero-order chi connectivity index (χ0) is 29.6. The van der Waals surface area contributed by atoms with E-state index < -0.39 is 44.1 Å². The number of halogens is 2. The Balaban J connectivity index is 1.24. The van der Waals surface area contributed by atoms with E-state index in [0.717, 1.165) is 23.2 Å². The molecule has 1 aromatic carbocycles. The van der Waals surface area contributed by atoms with Gasteiger partial charge in [0.25, 0.3) is 5.91 Å². The van der Waals surface area contributed by atoms with Crippen molar-refractivity contribution in [1.82, 2.24) is 20.3 Å². The third kappa shape index (κ3) is 4.91. The number of amides is 1. The Kier molecular flexibility index (Phi) is 7.01. The highest BCUT2D eigenvalue weighted by Gasteiger charge is 2.35. The molecule has 5 heterocycles. The quantitative estimate of drug-likeness (QED) is 0.366. The third-order valence-electron chi connectivity index (χ3n) is 6.99. The number of carbonyl (C=O) groups excluding carboxylic acids is 1. The summed E-state index contributed by atoms with van der Waals surface area (Å²) in [6, 6.07) is 9.15.